The molecule has 0 bridgehead atoms. The van der Waals surface area contributed by atoms with Crippen molar-refractivity contribution < 1.29 is 29.2 Å². The number of carbonyl (C=O) groups is 1. The van der Waals surface area contributed by atoms with Gasteiger partial charge in [-0.1, -0.05) is 15.9 Å². The molecule has 2 fully saturated rings. The molecule has 8 heteroatoms. The highest BCUT2D eigenvalue weighted by Gasteiger charge is 2.64. The number of fused-ring (bicyclic) bond motifs is 6. The van der Waals surface area contributed by atoms with E-state index in [4.69, 9.17) is 14.2 Å². The normalized spacial score (nSPS) is 41.8. The van der Waals surface area contributed by atoms with E-state index in [-0.39, 0.29) is 18.8 Å². The summed E-state index contributed by atoms with van der Waals surface area (Å²) in [5.41, 5.74) is 0.0432. The van der Waals surface area contributed by atoms with Crippen LogP contribution in [0.4, 0.5) is 0 Å². The molecule has 7 nitrogen and oxygen atoms in total. The number of hydrogen-bond acceptors (Lipinski definition) is 7. The average molecular weight is 412 g/mol. The van der Waals surface area contributed by atoms with Crippen molar-refractivity contribution in [3.05, 3.63) is 23.3 Å². The van der Waals surface area contributed by atoms with Crippen LogP contribution in [-0.2, 0) is 4.74 Å². The lowest BCUT2D eigenvalue weighted by atomic mass is 9.66. The maximum atomic E-state index is 12.5. The van der Waals surface area contributed by atoms with Crippen LogP contribution in [0.3, 0.4) is 0 Å². The molecule has 3 aliphatic heterocycles. The minimum atomic E-state index is -1.10. The third kappa shape index (κ3) is 1.94. The summed E-state index contributed by atoms with van der Waals surface area (Å²) in [6, 6.07) is 3.15. The standard InChI is InChI=1S/C17H18BrNO6/c1-19-3-2-17(22)14(18)12(20)13-11(15(17)19)7-4-9-10(24-6-23-9)5-8(7)16(21)25-13/h4-5,11-15,20,22H,2-3,6H2,1H3/t11-,12-,13+,14-,15+,17+/m1/s1. The van der Waals surface area contributed by atoms with Crippen LogP contribution in [0, 0.1) is 0 Å². The van der Waals surface area contributed by atoms with Gasteiger partial charge in [0, 0.05) is 18.5 Å². The van der Waals surface area contributed by atoms with Crippen LogP contribution in [0.25, 0.3) is 0 Å². The lowest BCUT2D eigenvalue weighted by Gasteiger charge is -2.52. The molecule has 0 aromatic heterocycles. The number of rotatable bonds is 0. The Balaban J connectivity index is 1.71. The average Bonchev–Trinajstić information content (AvgIpc) is 3.17. The Bertz CT molecular complexity index is 772. The van der Waals surface area contributed by atoms with E-state index in [2.05, 4.69) is 20.8 Å². The Hall–Kier alpha value is -1.35. The molecule has 1 aliphatic carbocycles. The van der Waals surface area contributed by atoms with Crippen molar-refractivity contribution in [1.82, 2.24) is 4.90 Å². The maximum absolute atomic E-state index is 12.5. The fourth-order valence-corrected chi connectivity index (χ4v) is 5.65. The van der Waals surface area contributed by atoms with E-state index in [1.807, 2.05) is 7.05 Å². The Morgan fingerprint density at radius 1 is 1.32 bits per heavy atom. The lowest BCUT2D eigenvalue weighted by Crippen LogP contribution is -2.67. The summed E-state index contributed by atoms with van der Waals surface area (Å²) in [4.78, 5) is 14.0. The number of hydrogen-bond donors (Lipinski definition) is 2. The van der Waals surface area contributed by atoms with Crippen LogP contribution in [0.2, 0.25) is 0 Å². The molecule has 1 saturated carbocycles. The molecule has 1 saturated heterocycles. The SMILES string of the molecule is CN1CC[C@]2(O)[C@H](Br)[C@H](O)[C@H]3OC(=O)c4cc5c(cc4[C@H]3[C@H]12)OCO5. The zero-order valence-corrected chi connectivity index (χ0v) is 15.1. The quantitative estimate of drug-likeness (QED) is 0.477. The Kier molecular flexibility index (Phi) is 3.23. The van der Waals surface area contributed by atoms with Gasteiger partial charge in [0.05, 0.1) is 16.0 Å². The Morgan fingerprint density at radius 2 is 2.04 bits per heavy atom. The zero-order valence-electron chi connectivity index (χ0n) is 13.5. The first-order valence-electron chi connectivity index (χ1n) is 8.31. The Labute approximate surface area is 152 Å². The van der Waals surface area contributed by atoms with E-state index in [1.54, 1.807) is 12.1 Å². The molecule has 3 heterocycles. The van der Waals surface area contributed by atoms with E-state index >= 15 is 0 Å². The smallest absolute Gasteiger partial charge is 0.338 e. The number of likely N-dealkylation sites (tertiary alicyclic amines) is 1. The highest BCUT2D eigenvalue weighted by atomic mass is 79.9. The fraction of sp³-hybridized carbons (Fsp3) is 0.588. The number of likely N-dealkylation sites (N-methyl/N-ethyl adjacent to an activating group) is 1. The summed E-state index contributed by atoms with van der Waals surface area (Å²) >= 11 is 3.45. The first-order valence-corrected chi connectivity index (χ1v) is 9.22. The van der Waals surface area contributed by atoms with Gasteiger partial charge in [-0.15, -0.1) is 0 Å². The second-order valence-electron chi connectivity index (χ2n) is 7.25. The predicted molar refractivity (Wildman–Crippen MR) is 89.2 cm³/mol. The van der Waals surface area contributed by atoms with Crippen molar-refractivity contribution in [1.29, 1.82) is 0 Å². The van der Waals surface area contributed by atoms with Crippen LogP contribution in [0.5, 0.6) is 11.5 Å². The second kappa shape index (κ2) is 5.09. The van der Waals surface area contributed by atoms with Crippen molar-refractivity contribution in [2.75, 3.05) is 20.4 Å². The number of alkyl halides is 1. The van der Waals surface area contributed by atoms with Crippen molar-refractivity contribution in [2.24, 2.45) is 0 Å². The summed E-state index contributed by atoms with van der Waals surface area (Å²) in [7, 11) is 1.94. The van der Waals surface area contributed by atoms with Crippen molar-refractivity contribution in [2.45, 2.75) is 41.0 Å². The minimum absolute atomic E-state index is 0.112. The molecule has 1 aromatic rings. The highest BCUT2D eigenvalue weighted by molar-refractivity contribution is 9.09. The van der Waals surface area contributed by atoms with Crippen LogP contribution in [0.1, 0.15) is 28.3 Å². The number of benzene rings is 1. The molecule has 134 valence electrons. The Morgan fingerprint density at radius 3 is 2.80 bits per heavy atom. The van der Waals surface area contributed by atoms with Crippen LogP contribution in [0.15, 0.2) is 12.1 Å². The topological polar surface area (TPSA) is 88.5 Å². The van der Waals surface area contributed by atoms with Crippen molar-refractivity contribution in [3.63, 3.8) is 0 Å². The minimum Gasteiger partial charge on any atom is -0.455 e. The molecule has 0 unspecified atom stereocenters. The van der Waals surface area contributed by atoms with Gasteiger partial charge in [-0.05, 0) is 31.2 Å². The number of ether oxygens (including phenoxy) is 3. The summed E-state index contributed by atoms with van der Waals surface area (Å²) in [5.74, 6) is 0.258. The van der Waals surface area contributed by atoms with Gasteiger partial charge in [0.2, 0.25) is 6.79 Å². The highest BCUT2D eigenvalue weighted by Crippen LogP contribution is 2.53. The molecular weight excluding hydrogens is 394 g/mol. The maximum Gasteiger partial charge on any atom is 0.338 e. The molecule has 0 radical (unpaired) electrons. The third-order valence-corrected chi connectivity index (χ3v) is 7.36. The first-order chi connectivity index (χ1) is 11.9. The van der Waals surface area contributed by atoms with Gasteiger partial charge in [-0.2, -0.15) is 0 Å². The number of esters is 1. The second-order valence-corrected chi connectivity index (χ2v) is 8.23. The molecule has 0 spiro atoms. The number of nitrogens with zero attached hydrogens (tertiary/aromatic N) is 1. The van der Waals surface area contributed by atoms with Gasteiger partial charge in [-0.25, -0.2) is 4.79 Å². The monoisotopic (exact) mass is 411 g/mol. The van der Waals surface area contributed by atoms with E-state index in [1.165, 1.54) is 0 Å². The van der Waals surface area contributed by atoms with Gasteiger partial charge < -0.3 is 24.4 Å². The van der Waals surface area contributed by atoms with Gasteiger partial charge in [0.1, 0.15) is 12.2 Å². The predicted octanol–water partition coefficient (Wildman–Crippen LogP) is 0.611. The van der Waals surface area contributed by atoms with Crippen LogP contribution in [-0.4, -0.2) is 70.1 Å². The van der Waals surface area contributed by atoms with E-state index < -0.39 is 28.6 Å². The van der Waals surface area contributed by atoms with Gasteiger partial charge in [-0.3, -0.25) is 4.90 Å². The lowest BCUT2D eigenvalue weighted by molar-refractivity contribution is -0.129. The molecule has 25 heavy (non-hydrogen) atoms. The fourth-order valence-electron chi connectivity index (χ4n) is 4.85. The molecule has 4 aliphatic rings. The summed E-state index contributed by atoms with van der Waals surface area (Å²) in [6.45, 7) is 0.813. The van der Waals surface area contributed by atoms with Gasteiger partial charge in [0.25, 0.3) is 0 Å². The third-order valence-electron chi connectivity index (χ3n) is 6.03. The number of halogens is 1. The van der Waals surface area contributed by atoms with Crippen LogP contribution < -0.4 is 9.47 Å². The molecule has 5 rings (SSSR count). The molecule has 1 aromatic carbocycles. The molecule has 2 N–H and O–H groups in total. The van der Waals surface area contributed by atoms with Gasteiger partial charge >= 0.3 is 5.97 Å². The number of aliphatic hydroxyl groups is 2. The summed E-state index contributed by atoms with van der Waals surface area (Å²) in [5, 5.41) is 22.0. The zero-order chi connectivity index (χ0) is 17.5. The number of carbonyl (C=O) groups excluding carboxylic acids is 1. The van der Waals surface area contributed by atoms with E-state index in [9.17, 15) is 15.0 Å². The summed E-state index contributed by atoms with van der Waals surface area (Å²) in [6.07, 6.45) is -1.19. The largest absolute Gasteiger partial charge is 0.455 e. The van der Waals surface area contributed by atoms with Crippen molar-refractivity contribution in [3.8, 4) is 11.5 Å². The van der Waals surface area contributed by atoms with E-state index in [0.717, 1.165) is 5.56 Å². The summed E-state index contributed by atoms with van der Waals surface area (Å²) < 4.78 is 16.4. The first kappa shape index (κ1) is 15.9. The van der Waals surface area contributed by atoms with Crippen LogP contribution >= 0.6 is 15.9 Å². The molecule has 6 atom stereocenters. The van der Waals surface area contributed by atoms with Gasteiger partial charge in [0.15, 0.2) is 11.5 Å². The van der Waals surface area contributed by atoms with E-state index in [0.29, 0.717) is 30.0 Å². The number of aliphatic hydroxyl groups excluding tert-OH is 1. The van der Waals surface area contributed by atoms with Crippen molar-refractivity contribution >= 4 is 21.9 Å². The molecular formula is C17H18BrNO6. The molecule has 0 amide bonds.